The summed E-state index contributed by atoms with van der Waals surface area (Å²) >= 11 is 0. The smallest absolute Gasteiger partial charge is 0.410 e. The van der Waals surface area contributed by atoms with Crippen LogP contribution in [0.2, 0.25) is 0 Å². The highest BCUT2D eigenvalue weighted by molar-refractivity contribution is 8.36. The molecule has 224 valence electrons. The molecule has 2 aromatic heterocycles. The van der Waals surface area contributed by atoms with Crippen molar-refractivity contribution in [1.82, 2.24) is 14.5 Å². The predicted octanol–water partition coefficient (Wildman–Crippen LogP) is 6.79. The fourth-order valence-corrected chi connectivity index (χ4v) is 5.38. The van der Waals surface area contributed by atoms with Crippen molar-refractivity contribution < 1.29 is 19.0 Å². The maximum absolute atomic E-state index is 12.7. The lowest BCUT2D eigenvalue weighted by molar-refractivity contribution is 0.0224. The minimum atomic E-state index is -1.03. The van der Waals surface area contributed by atoms with E-state index in [9.17, 15) is 4.79 Å². The number of rotatable bonds is 7. The van der Waals surface area contributed by atoms with Crippen molar-refractivity contribution in [2.24, 2.45) is 0 Å². The second-order valence-corrected chi connectivity index (χ2v) is 21.6. The van der Waals surface area contributed by atoms with Crippen molar-refractivity contribution in [2.75, 3.05) is 56.4 Å². The summed E-state index contributed by atoms with van der Waals surface area (Å²) in [4.78, 5) is 19.2. The first-order valence-electron chi connectivity index (χ1n) is 13.8. The Bertz CT molecular complexity index is 1470. The molecule has 3 aromatic rings. The van der Waals surface area contributed by atoms with Gasteiger partial charge in [-0.2, -0.15) is 10.0 Å². The molecule has 0 fully saturated rings. The van der Waals surface area contributed by atoms with Crippen molar-refractivity contribution in [1.29, 1.82) is 0 Å². The molecule has 0 spiro atoms. The first-order chi connectivity index (χ1) is 19.1. The Morgan fingerprint density at radius 3 is 2.51 bits per heavy atom. The molecule has 41 heavy (non-hydrogen) atoms. The number of carbonyl (C=O) groups is 1. The average molecular weight is 600 g/mol. The van der Waals surface area contributed by atoms with Crippen LogP contribution in [0.4, 0.5) is 4.79 Å². The molecule has 4 rings (SSSR count). The maximum Gasteiger partial charge on any atom is 0.410 e. The fraction of sp³-hybridized carbons (Fsp3) is 0.500. The van der Waals surface area contributed by atoms with E-state index in [1.54, 1.807) is 11.1 Å². The summed E-state index contributed by atoms with van der Waals surface area (Å²) in [6.45, 7) is 7.90. The Kier molecular flexibility index (Phi) is 9.27. The molecule has 1 amide bonds. The van der Waals surface area contributed by atoms with Crippen LogP contribution in [0.15, 0.2) is 36.7 Å². The van der Waals surface area contributed by atoms with Crippen molar-refractivity contribution in [3.05, 3.63) is 53.3 Å². The highest BCUT2D eigenvalue weighted by atomic mass is 32.3. The number of carbonyl (C=O) groups excluding carboxylic acids is 1. The number of ether oxygens (including phenoxy) is 3. The van der Waals surface area contributed by atoms with Gasteiger partial charge in [-0.15, -0.1) is 0 Å². The molecule has 0 aliphatic carbocycles. The van der Waals surface area contributed by atoms with Gasteiger partial charge in [-0.25, -0.2) is 19.8 Å². The molecule has 3 heterocycles. The Morgan fingerprint density at radius 1 is 1.07 bits per heavy atom. The molecule has 0 N–H and O–H groups in total. The Hall–Kier alpha value is -2.80. The molecule has 0 unspecified atom stereocenters. The standard InChI is InChI=1S/C32H45N3O4S2/c1-32(2,3)39-31(36)34-16-13-24-10-11-27(20-26(24)22-34)38-28-12-15-33-30-29(28)25(14-18-40(4,5)6)21-35(30)23-37-17-19-41(7,8)9/h10-12,15,20-21H,13,16-17,19,22-23H2,1-9H3. The first kappa shape index (κ1) is 31.1. The zero-order chi connectivity index (χ0) is 30.0. The molecule has 1 aromatic carbocycles. The van der Waals surface area contributed by atoms with Crippen molar-refractivity contribution in [2.45, 2.75) is 46.1 Å². The van der Waals surface area contributed by atoms with Gasteiger partial charge in [0.2, 0.25) is 0 Å². The highest BCUT2D eigenvalue weighted by Gasteiger charge is 2.26. The molecule has 0 atom stereocenters. The highest BCUT2D eigenvalue weighted by Crippen LogP contribution is 2.37. The summed E-state index contributed by atoms with van der Waals surface area (Å²) < 4.78 is 20.2. The monoisotopic (exact) mass is 599 g/mol. The third-order valence-corrected chi connectivity index (χ3v) is 8.46. The van der Waals surface area contributed by atoms with E-state index >= 15 is 0 Å². The number of pyridine rings is 1. The maximum atomic E-state index is 12.7. The van der Waals surface area contributed by atoms with E-state index in [4.69, 9.17) is 19.2 Å². The zero-order valence-electron chi connectivity index (χ0n) is 26.0. The average Bonchev–Trinajstić information content (AvgIpc) is 3.21. The van der Waals surface area contributed by atoms with Gasteiger partial charge in [0.15, 0.2) is 0 Å². The lowest BCUT2D eigenvalue weighted by Gasteiger charge is -2.31. The molecule has 0 saturated carbocycles. The van der Waals surface area contributed by atoms with Gasteiger partial charge in [0, 0.05) is 31.2 Å². The van der Waals surface area contributed by atoms with E-state index in [-0.39, 0.29) is 6.09 Å². The van der Waals surface area contributed by atoms with Crippen LogP contribution in [0.3, 0.4) is 0 Å². The van der Waals surface area contributed by atoms with E-state index in [2.05, 4.69) is 54.8 Å². The Morgan fingerprint density at radius 2 is 1.83 bits per heavy atom. The van der Waals surface area contributed by atoms with Crippen LogP contribution >= 0.6 is 20.1 Å². The summed E-state index contributed by atoms with van der Waals surface area (Å²) in [5.41, 5.74) is 3.42. The van der Waals surface area contributed by atoms with E-state index in [1.165, 1.54) is 5.56 Å². The summed E-state index contributed by atoms with van der Waals surface area (Å²) in [6.07, 6.45) is 17.7. The topological polar surface area (TPSA) is 65.8 Å². The molecule has 0 bridgehead atoms. The fourth-order valence-electron chi connectivity index (χ4n) is 4.35. The Labute approximate surface area is 248 Å². The summed E-state index contributed by atoms with van der Waals surface area (Å²) in [5, 5.41) is 4.32. The molecule has 1 aliphatic heterocycles. The van der Waals surface area contributed by atoms with Gasteiger partial charge in [0.25, 0.3) is 0 Å². The lowest BCUT2D eigenvalue weighted by Crippen LogP contribution is -2.39. The Balaban J connectivity index is 1.62. The predicted molar refractivity (Wildman–Crippen MR) is 175 cm³/mol. The van der Waals surface area contributed by atoms with Crippen LogP contribution in [0.25, 0.3) is 11.0 Å². The molecular weight excluding hydrogens is 555 g/mol. The van der Waals surface area contributed by atoms with Gasteiger partial charge >= 0.3 is 6.09 Å². The molecule has 9 heteroatoms. The summed E-state index contributed by atoms with van der Waals surface area (Å²) in [6, 6.07) is 8.00. The third kappa shape index (κ3) is 8.84. The SMILES string of the molecule is CC(C)(C)OC(=O)N1CCc2ccc(Oc3ccnc4c3c(C#CS(C)(C)C)cn4COCCS(C)(C)C)cc2C1. The van der Waals surface area contributed by atoms with Gasteiger partial charge in [-0.05, 0) is 99.3 Å². The number of hydrogen-bond acceptors (Lipinski definition) is 5. The van der Waals surface area contributed by atoms with E-state index in [0.29, 0.717) is 37.9 Å². The lowest BCUT2D eigenvalue weighted by atomic mass is 10.00. The molecule has 7 nitrogen and oxygen atoms in total. The van der Waals surface area contributed by atoms with Gasteiger partial charge in [0.1, 0.15) is 29.5 Å². The van der Waals surface area contributed by atoms with Crippen LogP contribution < -0.4 is 4.74 Å². The second kappa shape index (κ2) is 12.2. The van der Waals surface area contributed by atoms with Crippen molar-refractivity contribution in [3.8, 4) is 22.7 Å². The number of hydrogen-bond donors (Lipinski definition) is 0. The van der Waals surface area contributed by atoms with Crippen molar-refractivity contribution >= 4 is 37.2 Å². The number of amides is 1. The van der Waals surface area contributed by atoms with Gasteiger partial charge in [-0.1, -0.05) is 12.0 Å². The van der Waals surface area contributed by atoms with Crippen LogP contribution in [0, 0.1) is 11.2 Å². The normalized spacial score (nSPS) is 14.7. The largest absolute Gasteiger partial charge is 0.456 e. The summed E-state index contributed by atoms with van der Waals surface area (Å²) in [5.74, 6) is 5.87. The van der Waals surface area contributed by atoms with Crippen LogP contribution in [-0.4, -0.2) is 82.6 Å². The van der Waals surface area contributed by atoms with Crippen LogP contribution in [-0.2, 0) is 29.2 Å². The van der Waals surface area contributed by atoms with E-state index < -0.39 is 25.7 Å². The second-order valence-electron chi connectivity index (χ2n) is 13.1. The minimum absolute atomic E-state index is 0.290. The van der Waals surface area contributed by atoms with Gasteiger partial charge < -0.3 is 23.7 Å². The van der Waals surface area contributed by atoms with Crippen LogP contribution in [0.5, 0.6) is 11.5 Å². The number of aromatic nitrogens is 2. The van der Waals surface area contributed by atoms with Crippen LogP contribution in [0.1, 0.15) is 37.5 Å². The van der Waals surface area contributed by atoms with Gasteiger partial charge in [0.05, 0.1) is 17.6 Å². The van der Waals surface area contributed by atoms with E-state index in [0.717, 1.165) is 34.3 Å². The molecule has 0 radical (unpaired) electrons. The first-order valence-corrected chi connectivity index (χ1v) is 19.7. The molecular formula is C32H45N3O4S2. The van der Waals surface area contributed by atoms with Crippen molar-refractivity contribution in [3.63, 3.8) is 0 Å². The summed E-state index contributed by atoms with van der Waals surface area (Å²) in [7, 11) is -1.65. The molecule has 1 aliphatic rings. The van der Waals surface area contributed by atoms with E-state index in [1.807, 2.05) is 49.7 Å². The number of benzene rings is 1. The number of nitrogens with zero attached hydrogens (tertiary/aromatic N) is 3. The molecule has 0 saturated heterocycles. The number of fused-ring (bicyclic) bond motifs is 2. The zero-order valence-corrected chi connectivity index (χ0v) is 27.6. The third-order valence-electron chi connectivity index (χ3n) is 6.35. The van der Waals surface area contributed by atoms with Gasteiger partial charge in [-0.3, -0.25) is 0 Å². The minimum Gasteiger partial charge on any atom is -0.456 e. The quantitative estimate of drug-likeness (QED) is 0.221.